The molecule has 0 saturated heterocycles. The van der Waals surface area contributed by atoms with Gasteiger partial charge in [0, 0.05) is 29.9 Å². The number of pyridine rings is 1. The van der Waals surface area contributed by atoms with Gasteiger partial charge in [-0.15, -0.1) is 0 Å². The van der Waals surface area contributed by atoms with E-state index in [-0.39, 0.29) is 6.04 Å². The lowest BCUT2D eigenvalue weighted by Gasteiger charge is -2.18. The van der Waals surface area contributed by atoms with Gasteiger partial charge in [0.15, 0.2) is 0 Å². The average Bonchev–Trinajstić information content (AvgIpc) is 2.84. The van der Waals surface area contributed by atoms with Crippen molar-refractivity contribution in [2.45, 2.75) is 19.9 Å². The van der Waals surface area contributed by atoms with Gasteiger partial charge in [-0.1, -0.05) is 25.1 Å². The molecule has 0 bridgehead atoms. The van der Waals surface area contributed by atoms with Crippen molar-refractivity contribution in [3.8, 4) is 0 Å². The Morgan fingerprint density at radius 1 is 1.24 bits per heavy atom. The first-order valence-electron chi connectivity index (χ1n) is 7.27. The highest BCUT2D eigenvalue weighted by Crippen LogP contribution is 2.26. The largest absolute Gasteiger partial charge is 0.306 e. The van der Waals surface area contributed by atoms with Gasteiger partial charge in [-0.2, -0.15) is 5.10 Å². The van der Waals surface area contributed by atoms with Gasteiger partial charge in [0.1, 0.15) is 0 Å². The van der Waals surface area contributed by atoms with E-state index >= 15 is 0 Å². The van der Waals surface area contributed by atoms with Gasteiger partial charge in [0.25, 0.3) is 0 Å². The Labute approximate surface area is 124 Å². The molecular weight excluding hydrogens is 260 g/mol. The Hall–Kier alpha value is -2.20. The Morgan fingerprint density at radius 2 is 2.05 bits per heavy atom. The fourth-order valence-electron chi connectivity index (χ4n) is 2.66. The van der Waals surface area contributed by atoms with E-state index in [0.717, 1.165) is 12.1 Å². The predicted octanol–water partition coefficient (Wildman–Crippen LogP) is 2.98. The van der Waals surface area contributed by atoms with Crippen LogP contribution >= 0.6 is 0 Å². The van der Waals surface area contributed by atoms with E-state index in [4.69, 9.17) is 0 Å². The highest BCUT2D eigenvalue weighted by Gasteiger charge is 2.18. The molecule has 108 valence electrons. The Balaban J connectivity index is 2.08. The van der Waals surface area contributed by atoms with Crippen molar-refractivity contribution in [2.75, 3.05) is 6.54 Å². The van der Waals surface area contributed by atoms with Gasteiger partial charge < -0.3 is 5.32 Å². The van der Waals surface area contributed by atoms with E-state index in [1.54, 1.807) is 0 Å². The number of nitrogens with one attached hydrogen (secondary N) is 1. The first kappa shape index (κ1) is 13.8. The molecule has 0 aliphatic heterocycles. The second-order valence-corrected chi connectivity index (χ2v) is 5.26. The summed E-state index contributed by atoms with van der Waals surface area (Å²) in [5.74, 6) is 0. The van der Waals surface area contributed by atoms with Gasteiger partial charge >= 0.3 is 0 Å². The second kappa shape index (κ2) is 5.66. The number of aryl methyl sites for hydroxylation is 1. The van der Waals surface area contributed by atoms with Crippen LogP contribution in [0.4, 0.5) is 0 Å². The molecule has 2 aromatic heterocycles. The Kier molecular flexibility index (Phi) is 3.71. The molecule has 0 spiro atoms. The first-order valence-corrected chi connectivity index (χ1v) is 7.27. The molecule has 3 rings (SSSR count). The smallest absolute Gasteiger partial charge is 0.0702 e. The first-order chi connectivity index (χ1) is 10.2. The maximum absolute atomic E-state index is 4.58. The van der Waals surface area contributed by atoms with Gasteiger partial charge in [0.2, 0.25) is 0 Å². The molecule has 0 amide bonds. The molecule has 0 saturated carbocycles. The van der Waals surface area contributed by atoms with E-state index in [1.807, 2.05) is 42.3 Å². The zero-order valence-electron chi connectivity index (χ0n) is 12.7. The van der Waals surface area contributed by atoms with Crippen LogP contribution in [0.2, 0.25) is 0 Å². The van der Waals surface area contributed by atoms with Gasteiger partial charge in [-0.05, 0) is 31.2 Å². The van der Waals surface area contributed by atoms with Crippen molar-refractivity contribution in [1.29, 1.82) is 0 Å². The molecule has 0 aliphatic carbocycles. The number of benzene rings is 1. The maximum atomic E-state index is 4.58. The monoisotopic (exact) mass is 280 g/mol. The lowest BCUT2D eigenvalue weighted by molar-refractivity contribution is 0.623. The minimum atomic E-state index is 0.126. The van der Waals surface area contributed by atoms with Crippen LogP contribution in [-0.4, -0.2) is 21.3 Å². The molecule has 3 aromatic rings. The van der Waals surface area contributed by atoms with Gasteiger partial charge in [-0.3, -0.25) is 9.67 Å². The highest BCUT2D eigenvalue weighted by molar-refractivity contribution is 5.79. The normalized spacial score (nSPS) is 12.7. The van der Waals surface area contributed by atoms with E-state index in [2.05, 4.69) is 41.4 Å². The number of rotatable bonds is 4. The quantitative estimate of drug-likeness (QED) is 0.799. The topological polar surface area (TPSA) is 42.7 Å². The molecule has 0 radical (unpaired) electrons. The minimum Gasteiger partial charge on any atom is -0.306 e. The van der Waals surface area contributed by atoms with Crippen LogP contribution in [-0.2, 0) is 7.05 Å². The van der Waals surface area contributed by atoms with E-state index in [9.17, 15) is 0 Å². The summed E-state index contributed by atoms with van der Waals surface area (Å²) in [5, 5.41) is 9.07. The van der Waals surface area contributed by atoms with Crippen molar-refractivity contribution in [1.82, 2.24) is 20.1 Å². The van der Waals surface area contributed by atoms with Crippen molar-refractivity contribution in [3.05, 3.63) is 59.5 Å². The summed E-state index contributed by atoms with van der Waals surface area (Å²) in [4.78, 5) is 4.58. The minimum absolute atomic E-state index is 0.126. The SMILES string of the molecule is CCNC(c1cnc2ccccc2c1)c1cnn(C)c1C. The Morgan fingerprint density at radius 3 is 2.76 bits per heavy atom. The number of hydrogen-bond acceptors (Lipinski definition) is 3. The van der Waals surface area contributed by atoms with Crippen LogP contribution in [0.25, 0.3) is 10.9 Å². The second-order valence-electron chi connectivity index (χ2n) is 5.26. The van der Waals surface area contributed by atoms with Crippen molar-refractivity contribution >= 4 is 10.9 Å². The summed E-state index contributed by atoms with van der Waals surface area (Å²) in [6.45, 7) is 5.11. The van der Waals surface area contributed by atoms with E-state index in [1.165, 1.54) is 22.2 Å². The van der Waals surface area contributed by atoms with Crippen LogP contribution in [0.1, 0.15) is 29.8 Å². The predicted molar refractivity (Wildman–Crippen MR) is 85.2 cm³/mol. The molecule has 0 fully saturated rings. The molecule has 0 aliphatic rings. The third kappa shape index (κ3) is 2.54. The zero-order valence-corrected chi connectivity index (χ0v) is 12.7. The van der Waals surface area contributed by atoms with Crippen molar-refractivity contribution in [3.63, 3.8) is 0 Å². The number of aromatic nitrogens is 3. The van der Waals surface area contributed by atoms with Crippen LogP contribution in [0.5, 0.6) is 0 Å². The zero-order chi connectivity index (χ0) is 14.8. The number of nitrogens with zero attached hydrogens (tertiary/aromatic N) is 3. The molecule has 4 nitrogen and oxygen atoms in total. The molecule has 4 heteroatoms. The Bertz CT molecular complexity index is 760. The highest BCUT2D eigenvalue weighted by atomic mass is 15.3. The lowest BCUT2D eigenvalue weighted by Crippen LogP contribution is -2.22. The molecule has 1 N–H and O–H groups in total. The van der Waals surface area contributed by atoms with Gasteiger partial charge in [0.05, 0.1) is 17.8 Å². The number of para-hydroxylation sites is 1. The summed E-state index contributed by atoms with van der Waals surface area (Å²) < 4.78 is 1.91. The van der Waals surface area contributed by atoms with Crippen molar-refractivity contribution in [2.24, 2.45) is 7.05 Å². The molecular formula is C17H20N4. The maximum Gasteiger partial charge on any atom is 0.0702 e. The summed E-state index contributed by atoms with van der Waals surface area (Å²) in [5.41, 5.74) is 4.58. The number of fused-ring (bicyclic) bond motifs is 1. The van der Waals surface area contributed by atoms with E-state index < -0.39 is 0 Å². The fraction of sp³-hybridized carbons (Fsp3) is 0.294. The fourth-order valence-corrected chi connectivity index (χ4v) is 2.66. The molecule has 2 heterocycles. The van der Waals surface area contributed by atoms with Crippen LogP contribution in [0.3, 0.4) is 0 Å². The molecule has 1 atom stereocenters. The standard InChI is InChI=1S/C17H20N4/c1-4-18-17(15-11-20-21(3)12(15)2)14-9-13-7-5-6-8-16(13)19-10-14/h5-11,17-18H,4H2,1-3H3. The van der Waals surface area contributed by atoms with Crippen LogP contribution in [0, 0.1) is 6.92 Å². The lowest BCUT2D eigenvalue weighted by atomic mass is 9.99. The molecule has 1 aromatic carbocycles. The van der Waals surface area contributed by atoms with Crippen molar-refractivity contribution < 1.29 is 0 Å². The summed E-state index contributed by atoms with van der Waals surface area (Å²) in [6.07, 6.45) is 3.90. The molecule has 21 heavy (non-hydrogen) atoms. The average molecular weight is 280 g/mol. The number of hydrogen-bond donors (Lipinski definition) is 1. The van der Waals surface area contributed by atoms with Crippen LogP contribution < -0.4 is 5.32 Å². The van der Waals surface area contributed by atoms with Crippen LogP contribution in [0.15, 0.2) is 42.7 Å². The summed E-state index contributed by atoms with van der Waals surface area (Å²) in [6, 6.07) is 10.5. The van der Waals surface area contributed by atoms with E-state index in [0.29, 0.717) is 0 Å². The molecule has 1 unspecified atom stereocenters. The third-order valence-corrected chi connectivity index (χ3v) is 3.94. The summed E-state index contributed by atoms with van der Waals surface area (Å²) in [7, 11) is 1.97. The van der Waals surface area contributed by atoms with Gasteiger partial charge in [-0.25, -0.2) is 0 Å². The summed E-state index contributed by atoms with van der Waals surface area (Å²) >= 11 is 0. The third-order valence-electron chi connectivity index (χ3n) is 3.94.